The largest absolute Gasteiger partial charge is 0.506 e. The Hall–Kier alpha value is -2.97. The van der Waals surface area contributed by atoms with Crippen molar-refractivity contribution in [2.24, 2.45) is 0 Å². The van der Waals surface area contributed by atoms with E-state index in [9.17, 15) is 20.0 Å². The SMILES string of the molecule is O=C(Cn1cncn1)Nc1cc([N+](=O)[O-])ccc1O. The second-order valence-corrected chi connectivity index (χ2v) is 3.60. The zero-order chi connectivity index (χ0) is 13.8. The summed E-state index contributed by atoms with van der Waals surface area (Å²) >= 11 is 0. The fraction of sp³-hybridized carbons (Fsp3) is 0.100. The van der Waals surface area contributed by atoms with Crippen molar-refractivity contribution in [3.8, 4) is 5.75 Å². The number of carbonyl (C=O) groups excluding carboxylic acids is 1. The lowest BCUT2D eigenvalue weighted by Gasteiger charge is -2.06. The molecule has 0 atom stereocenters. The van der Waals surface area contributed by atoms with Crippen LogP contribution in [0.15, 0.2) is 30.9 Å². The van der Waals surface area contributed by atoms with Crippen LogP contribution in [0, 0.1) is 10.1 Å². The van der Waals surface area contributed by atoms with Gasteiger partial charge in [-0.05, 0) is 6.07 Å². The molecule has 98 valence electrons. The minimum atomic E-state index is -0.619. The van der Waals surface area contributed by atoms with E-state index in [1.807, 2.05) is 0 Å². The van der Waals surface area contributed by atoms with Crippen molar-refractivity contribution < 1.29 is 14.8 Å². The molecular weight excluding hydrogens is 254 g/mol. The molecule has 0 aliphatic carbocycles. The summed E-state index contributed by atoms with van der Waals surface area (Å²) in [5.41, 5.74) is -0.256. The number of nitrogens with zero attached hydrogens (tertiary/aromatic N) is 4. The molecule has 0 bridgehead atoms. The molecule has 1 amide bonds. The summed E-state index contributed by atoms with van der Waals surface area (Å²) in [4.78, 5) is 25.3. The van der Waals surface area contributed by atoms with Gasteiger partial charge in [0.05, 0.1) is 10.6 Å². The number of hydrogen-bond acceptors (Lipinski definition) is 6. The van der Waals surface area contributed by atoms with Gasteiger partial charge in [-0.1, -0.05) is 0 Å². The zero-order valence-corrected chi connectivity index (χ0v) is 9.55. The van der Waals surface area contributed by atoms with E-state index in [0.29, 0.717) is 0 Å². The van der Waals surface area contributed by atoms with Crippen molar-refractivity contribution >= 4 is 17.3 Å². The Labute approximate surface area is 106 Å². The van der Waals surface area contributed by atoms with Crippen LogP contribution >= 0.6 is 0 Å². The maximum absolute atomic E-state index is 11.6. The van der Waals surface area contributed by atoms with Crippen LogP contribution in [-0.2, 0) is 11.3 Å². The van der Waals surface area contributed by atoms with Crippen LogP contribution in [0.4, 0.5) is 11.4 Å². The Kier molecular flexibility index (Phi) is 3.37. The number of nitro groups is 1. The van der Waals surface area contributed by atoms with Gasteiger partial charge < -0.3 is 10.4 Å². The summed E-state index contributed by atoms with van der Waals surface area (Å²) in [6, 6.07) is 3.36. The predicted octanol–water partition coefficient (Wildman–Crippen LogP) is 0.531. The Morgan fingerprint density at radius 3 is 2.95 bits per heavy atom. The van der Waals surface area contributed by atoms with Crippen LogP contribution in [0.2, 0.25) is 0 Å². The number of carbonyl (C=O) groups is 1. The number of rotatable bonds is 4. The lowest BCUT2D eigenvalue weighted by molar-refractivity contribution is -0.384. The molecule has 9 nitrogen and oxygen atoms in total. The first-order chi connectivity index (χ1) is 9.06. The molecule has 9 heteroatoms. The molecule has 1 heterocycles. The highest BCUT2D eigenvalue weighted by molar-refractivity contribution is 5.92. The molecule has 0 saturated carbocycles. The number of amides is 1. The van der Waals surface area contributed by atoms with E-state index in [4.69, 9.17) is 0 Å². The third kappa shape index (κ3) is 3.03. The number of phenols is 1. The number of anilines is 1. The number of non-ortho nitro benzene ring substituents is 1. The van der Waals surface area contributed by atoms with Crippen LogP contribution in [0.25, 0.3) is 0 Å². The van der Waals surface area contributed by atoms with Crippen LogP contribution in [-0.4, -0.2) is 30.7 Å². The van der Waals surface area contributed by atoms with Gasteiger partial charge in [-0.3, -0.25) is 14.9 Å². The van der Waals surface area contributed by atoms with Gasteiger partial charge in [0.25, 0.3) is 5.69 Å². The zero-order valence-electron chi connectivity index (χ0n) is 9.55. The highest BCUT2D eigenvalue weighted by atomic mass is 16.6. The lowest BCUT2D eigenvalue weighted by atomic mass is 10.2. The maximum Gasteiger partial charge on any atom is 0.271 e. The number of nitro benzene ring substituents is 1. The van der Waals surface area contributed by atoms with Crippen molar-refractivity contribution in [2.75, 3.05) is 5.32 Å². The Morgan fingerprint density at radius 2 is 2.32 bits per heavy atom. The van der Waals surface area contributed by atoms with E-state index >= 15 is 0 Å². The molecule has 0 aliphatic rings. The number of nitrogens with one attached hydrogen (secondary N) is 1. The average molecular weight is 263 g/mol. The number of aromatic hydroxyl groups is 1. The van der Waals surface area contributed by atoms with E-state index in [2.05, 4.69) is 15.4 Å². The van der Waals surface area contributed by atoms with Crippen molar-refractivity contribution in [1.82, 2.24) is 14.8 Å². The maximum atomic E-state index is 11.6. The standard InChI is InChI=1S/C10H9N5O4/c16-9-2-1-7(15(18)19)3-8(9)13-10(17)4-14-6-11-5-12-14/h1-3,5-6,16H,4H2,(H,13,17). The molecule has 2 aromatic rings. The Balaban J connectivity index is 2.11. The van der Waals surface area contributed by atoms with Crippen molar-refractivity contribution in [3.05, 3.63) is 41.0 Å². The van der Waals surface area contributed by atoms with E-state index in [1.165, 1.54) is 17.3 Å². The summed E-state index contributed by atoms with van der Waals surface area (Å²) in [7, 11) is 0. The molecular formula is C10H9N5O4. The van der Waals surface area contributed by atoms with Gasteiger partial charge in [-0.25, -0.2) is 9.67 Å². The predicted molar refractivity (Wildman–Crippen MR) is 63.4 cm³/mol. The van der Waals surface area contributed by atoms with E-state index < -0.39 is 10.8 Å². The monoisotopic (exact) mass is 263 g/mol. The third-order valence-electron chi connectivity index (χ3n) is 2.24. The fourth-order valence-electron chi connectivity index (χ4n) is 1.39. The number of phenolic OH excluding ortho intramolecular Hbond substituents is 1. The van der Waals surface area contributed by atoms with Crippen LogP contribution < -0.4 is 5.32 Å². The van der Waals surface area contributed by atoms with Gasteiger partial charge in [-0.2, -0.15) is 5.10 Å². The number of benzene rings is 1. The third-order valence-corrected chi connectivity index (χ3v) is 2.24. The highest BCUT2D eigenvalue weighted by Gasteiger charge is 2.13. The summed E-state index contributed by atoms with van der Waals surface area (Å²) < 4.78 is 1.28. The number of aromatic nitrogens is 3. The summed E-state index contributed by atoms with van der Waals surface area (Å²) in [5, 5.41) is 26.2. The van der Waals surface area contributed by atoms with Gasteiger partial charge in [0.1, 0.15) is 24.9 Å². The molecule has 0 fully saturated rings. The molecule has 0 spiro atoms. The van der Waals surface area contributed by atoms with Crippen molar-refractivity contribution in [2.45, 2.75) is 6.54 Å². The molecule has 0 saturated heterocycles. The molecule has 0 radical (unpaired) electrons. The lowest BCUT2D eigenvalue weighted by Crippen LogP contribution is -2.19. The first-order valence-corrected chi connectivity index (χ1v) is 5.16. The number of hydrogen-bond donors (Lipinski definition) is 2. The van der Waals surface area contributed by atoms with Crippen molar-refractivity contribution in [1.29, 1.82) is 0 Å². The smallest absolute Gasteiger partial charge is 0.271 e. The molecule has 1 aromatic carbocycles. The molecule has 1 aromatic heterocycles. The van der Waals surface area contributed by atoms with E-state index in [0.717, 1.165) is 18.2 Å². The average Bonchev–Trinajstić information content (AvgIpc) is 2.84. The van der Waals surface area contributed by atoms with Gasteiger partial charge in [-0.15, -0.1) is 0 Å². The summed E-state index contributed by atoms with van der Waals surface area (Å²) in [5.74, 6) is -0.737. The quantitative estimate of drug-likeness (QED) is 0.471. The Morgan fingerprint density at radius 1 is 1.53 bits per heavy atom. The van der Waals surface area contributed by atoms with Gasteiger partial charge in [0, 0.05) is 12.1 Å². The molecule has 0 unspecified atom stereocenters. The van der Waals surface area contributed by atoms with Crippen LogP contribution in [0.1, 0.15) is 0 Å². The van der Waals surface area contributed by atoms with Crippen LogP contribution in [0.3, 0.4) is 0 Å². The molecule has 2 rings (SSSR count). The second-order valence-electron chi connectivity index (χ2n) is 3.60. The summed E-state index contributed by atoms with van der Waals surface area (Å²) in [6.07, 6.45) is 2.63. The van der Waals surface area contributed by atoms with Gasteiger partial charge >= 0.3 is 0 Å². The highest BCUT2D eigenvalue weighted by Crippen LogP contribution is 2.27. The minimum absolute atomic E-state index is 0.0284. The van der Waals surface area contributed by atoms with E-state index in [1.54, 1.807) is 0 Å². The van der Waals surface area contributed by atoms with Gasteiger partial charge in [0.15, 0.2) is 0 Å². The minimum Gasteiger partial charge on any atom is -0.506 e. The van der Waals surface area contributed by atoms with Crippen molar-refractivity contribution in [3.63, 3.8) is 0 Å². The summed E-state index contributed by atoms with van der Waals surface area (Å²) in [6.45, 7) is -0.109. The molecule has 19 heavy (non-hydrogen) atoms. The first-order valence-electron chi connectivity index (χ1n) is 5.16. The van der Waals surface area contributed by atoms with Gasteiger partial charge in [0.2, 0.25) is 5.91 Å². The molecule has 0 aliphatic heterocycles. The van der Waals surface area contributed by atoms with Crippen LogP contribution in [0.5, 0.6) is 5.75 Å². The first kappa shape index (κ1) is 12.5. The van der Waals surface area contributed by atoms with E-state index in [-0.39, 0.29) is 23.7 Å². The fourth-order valence-corrected chi connectivity index (χ4v) is 1.39. The normalized spacial score (nSPS) is 10.1. The second kappa shape index (κ2) is 5.12. The topological polar surface area (TPSA) is 123 Å². The Bertz CT molecular complexity index is 610. The molecule has 2 N–H and O–H groups in total.